The first-order valence-electron chi connectivity index (χ1n) is 6.30. The molecule has 0 amide bonds. The fourth-order valence-electron chi connectivity index (χ4n) is 2.60. The molecule has 2 saturated heterocycles. The minimum Gasteiger partial charge on any atom is -0.392 e. The molecule has 2 aliphatic rings. The maximum absolute atomic E-state index is 10.1. The van der Waals surface area contributed by atoms with Crippen molar-refractivity contribution < 1.29 is 19.5 Å². The summed E-state index contributed by atoms with van der Waals surface area (Å²) in [5.74, 6) is 0.293. The van der Waals surface area contributed by atoms with Crippen molar-refractivity contribution in [3.05, 3.63) is 0 Å². The van der Waals surface area contributed by atoms with E-state index in [0.717, 1.165) is 39.3 Å². The van der Waals surface area contributed by atoms with Gasteiger partial charge in [-0.25, -0.2) is 0 Å². The van der Waals surface area contributed by atoms with Gasteiger partial charge >= 0.3 is 0 Å². The molecule has 0 aromatic heterocycles. The van der Waals surface area contributed by atoms with Gasteiger partial charge in [-0.1, -0.05) is 0 Å². The van der Waals surface area contributed by atoms with Crippen LogP contribution in [0, 0.1) is 5.92 Å². The van der Waals surface area contributed by atoms with Gasteiger partial charge in [-0.15, -0.1) is 0 Å². The lowest BCUT2D eigenvalue weighted by Crippen LogP contribution is -3.15. The Morgan fingerprint density at radius 2 is 2.00 bits per heavy atom. The Kier molecular flexibility index (Phi) is 3.85. The summed E-state index contributed by atoms with van der Waals surface area (Å²) in [7, 11) is 0. The molecule has 2 N–H and O–H groups in total. The molecule has 2 heterocycles. The largest absolute Gasteiger partial charge is 0.392 e. The van der Waals surface area contributed by atoms with E-state index in [1.165, 1.54) is 0 Å². The molecular weight excluding hydrogens is 206 g/mol. The smallest absolute Gasteiger partial charge is 0.101 e. The summed E-state index contributed by atoms with van der Waals surface area (Å²) >= 11 is 0. The molecule has 0 radical (unpaired) electrons. The fourth-order valence-corrected chi connectivity index (χ4v) is 2.60. The number of aliphatic hydroxyl groups is 1. The van der Waals surface area contributed by atoms with Crippen LogP contribution in [-0.4, -0.2) is 56.3 Å². The summed E-state index contributed by atoms with van der Waals surface area (Å²) in [4.78, 5) is 1.54. The number of hydrogen-bond donors (Lipinski definition) is 2. The number of ether oxygens (including phenoxy) is 2. The highest BCUT2D eigenvalue weighted by atomic mass is 16.5. The molecule has 0 aliphatic carbocycles. The lowest BCUT2D eigenvalue weighted by molar-refractivity contribution is -0.912. The Labute approximate surface area is 97.5 Å². The molecule has 2 aliphatic heterocycles. The minimum absolute atomic E-state index is 0.156. The van der Waals surface area contributed by atoms with E-state index in [1.807, 2.05) is 13.8 Å². The van der Waals surface area contributed by atoms with Crippen molar-refractivity contribution >= 4 is 0 Å². The summed E-state index contributed by atoms with van der Waals surface area (Å²) in [6.07, 6.45) is 0.542. The predicted molar refractivity (Wildman–Crippen MR) is 60.5 cm³/mol. The van der Waals surface area contributed by atoms with Crippen LogP contribution in [0.3, 0.4) is 0 Å². The molecule has 0 aromatic rings. The van der Waals surface area contributed by atoms with Crippen molar-refractivity contribution in [1.82, 2.24) is 0 Å². The van der Waals surface area contributed by atoms with E-state index in [9.17, 15) is 5.11 Å². The van der Waals surface area contributed by atoms with Crippen LogP contribution in [0.25, 0.3) is 0 Å². The normalized spacial score (nSPS) is 36.2. The van der Waals surface area contributed by atoms with Crippen LogP contribution < -0.4 is 4.90 Å². The number of quaternary nitrogens is 1. The summed E-state index contributed by atoms with van der Waals surface area (Å²) in [6.45, 7) is 9.63. The highest BCUT2D eigenvalue weighted by Gasteiger charge is 2.36. The number of rotatable bonds is 2. The first-order valence-corrected chi connectivity index (χ1v) is 6.30. The molecule has 0 saturated carbocycles. The van der Waals surface area contributed by atoms with E-state index in [4.69, 9.17) is 9.47 Å². The second kappa shape index (κ2) is 5.00. The zero-order valence-electron chi connectivity index (χ0n) is 10.4. The maximum atomic E-state index is 10.1. The molecule has 2 atom stereocenters. The topological polar surface area (TPSA) is 43.1 Å². The van der Waals surface area contributed by atoms with E-state index in [1.54, 1.807) is 4.90 Å². The van der Waals surface area contributed by atoms with Crippen LogP contribution >= 0.6 is 0 Å². The van der Waals surface area contributed by atoms with Gasteiger partial charge in [-0.3, -0.25) is 0 Å². The Morgan fingerprint density at radius 1 is 1.31 bits per heavy atom. The quantitative estimate of drug-likeness (QED) is 0.645. The molecule has 0 bridgehead atoms. The monoisotopic (exact) mass is 230 g/mol. The van der Waals surface area contributed by atoms with Crippen LogP contribution in [-0.2, 0) is 9.47 Å². The average molecular weight is 230 g/mol. The number of morpholine rings is 1. The van der Waals surface area contributed by atoms with E-state index in [2.05, 4.69) is 0 Å². The molecule has 16 heavy (non-hydrogen) atoms. The van der Waals surface area contributed by atoms with Gasteiger partial charge in [-0.05, 0) is 13.8 Å². The van der Waals surface area contributed by atoms with Crippen molar-refractivity contribution in [2.75, 3.05) is 39.5 Å². The summed E-state index contributed by atoms with van der Waals surface area (Å²) in [5, 5.41) is 10.1. The third-order valence-electron chi connectivity index (χ3n) is 3.68. The zero-order valence-corrected chi connectivity index (χ0v) is 10.4. The molecule has 0 unspecified atom stereocenters. The molecule has 0 spiro atoms. The Bertz CT molecular complexity index is 226. The third-order valence-corrected chi connectivity index (χ3v) is 3.68. The van der Waals surface area contributed by atoms with E-state index < -0.39 is 0 Å². The molecule has 2 fully saturated rings. The van der Waals surface area contributed by atoms with Gasteiger partial charge in [-0.2, -0.15) is 0 Å². The number of aliphatic hydroxyl groups excluding tert-OH is 1. The first kappa shape index (κ1) is 12.3. The van der Waals surface area contributed by atoms with Gasteiger partial charge in [0.25, 0.3) is 0 Å². The van der Waals surface area contributed by atoms with Crippen molar-refractivity contribution in [1.29, 1.82) is 0 Å². The summed E-state index contributed by atoms with van der Waals surface area (Å²) in [5.41, 5.74) is -0.156. The molecular formula is C12H24NO3+. The first-order chi connectivity index (χ1) is 7.57. The summed E-state index contributed by atoms with van der Waals surface area (Å²) in [6, 6.07) is 0. The van der Waals surface area contributed by atoms with Crippen LogP contribution in [0.4, 0.5) is 0 Å². The van der Waals surface area contributed by atoms with Gasteiger partial charge in [0.1, 0.15) is 13.1 Å². The zero-order chi connectivity index (χ0) is 11.6. The number of hydrogen-bond acceptors (Lipinski definition) is 3. The van der Waals surface area contributed by atoms with Crippen LogP contribution in [0.1, 0.15) is 20.3 Å². The van der Waals surface area contributed by atoms with Gasteiger partial charge < -0.3 is 19.5 Å². The third kappa shape index (κ3) is 3.17. The van der Waals surface area contributed by atoms with E-state index >= 15 is 0 Å². The SMILES string of the molecule is CC1(C)C[C@H](O)[C@@H](C[NH+]2CCOCC2)CO1. The second-order valence-corrected chi connectivity index (χ2v) is 5.67. The fraction of sp³-hybridized carbons (Fsp3) is 1.00. The Balaban J connectivity index is 1.81. The number of nitrogens with one attached hydrogen (secondary N) is 1. The lowest BCUT2D eigenvalue weighted by Gasteiger charge is -2.39. The maximum Gasteiger partial charge on any atom is 0.101 e. The molecule has 4 nitrogen and oxygen atoms in total. The van der Waals surface area contributed by atoms with Gasteiger partial charge in [0, 0.05) is 6.42 Å². The van der Waals surface area contributed by atoms with Gasteiger partial charge in [0.15, 0.2) is 0 Å². The van der Waals surface area contributed by atoms with Gasteiger partial charge in [0.05, 0.1) is 44.0 Å². The average Bonchev–Trinajstić information content (AvgIpc) is 2.23. The highest BCUT2D eigenvalue weighted by Crippen LogP contribution is 2.26. The molecule has 0 aromatic carbocycles. The van der Waals surface area contributed by atoms with E-state index in [0.29, 0.717) is 12.5 Å². The van der Waals surface area contributed by atoms with Crippen molar-refractivity contribution in [2.24, 2.45) is 5.92 Å². The van der Waals surface area contributed by atoms with Crippen molar-refractivity contribution in [2.45, 2.75) is 32.0 Å². The van der Waals surface area contributed by atoms with Crippen LogP contribution in [0.15, 0.2) is 0 Å². The Morgan fingerprint density at radius 3 is 2.62 bits per heavy atom. The lowest BCUT2D eigenvalue weighted by atomic mass is 9.88. The van der Waals surface area contributed by atoms with Crippen LogP contribution in [0.5, 0.6) is 0 Å². The molecule has 4 heteroatoms. The van der Waals surface area contributed by atoms with Crippen molar-refractivity contribution in [3.63, 3.8) is 0 Å². The van der Waals surface area contributed by atoms with E-state index in [-0.39, 0.29) is 11.7 Å². The highest BCUT2D eigenvalue weighted by molar-refractivity contribution is 4.83. The van der Waals surface area contributed by atoms with Crippen molar-refractivity contribution in [3.8, 4) is 0 Å². The second-order valence-electron chi connectivity index (χ2n) is 5.67. The molecule has 94 valence electrons. The van der Waals surface area contributed by atoms with Crippen LogP contribution in [0.2, 0.25) is 0 Å². The minimum atomic E-state index is -0.209. The molecule has 2 rings (SSSR count). The van der Waals surface area contributed by atoms with Gasteiger partial charge in [0.2, 0.25) is 0 Å². The summed E-state index contributed by atoms with van der Waals surface area (Å²) < 4.78 is 11.1. The predicted octanol–water partition coefficient (Wildman–Crippen LogP) is -0.922. The standard InChI is InChI=1S/C12H23NO3/c1-12(2)7-11(14)10(9-16-12)8-13-3-5-15-6-4-13/h10-11,14H,3-9H2,1-2H3/p+1/t10-,11-/m0/s1. The Hall–Kier alpha value is -0.160.